The van der Waals surface area contributed by atoms with E-state index in [0.29, 0.717) is 5.56 Å². The first-order chi connectivity index (χ1) is 18.3. The topological polar surface area (TPSA) is 247 Å². The van der Waals surface area contributed by atoms with Crippen molar-refractivity contribution in [1.82, 2.24) is 20.9 Å². The molecule has 0 aliphatic heterocycles. The van der Waals surface area contributed by atoms with Crippen LogP contribution in [0.2, 0.25) is 0 Å². The van der Waals surface area contributed by atoms with Gasteiger partial charge < -0.3 is 42.6 Å². The molecular weight excluding hydrogens is 512 g/mol. The predicted molar refractivity (Wildman–Crippen MR) is 139 cm³/mol. The van der Waals surface area contributed by atoms with Crippen LogP contribution in [0, 0.1) is 5.92 Å². The maximum absolute atomic E-state index is 13.3. The molecule has 2 rings (SSSR count). The van der Waals surface area contributed by atoms with Crippen LogP contribution in [0.5, 0.6) is 0 Å². The van der Waals surface area contributed by atoms with Crippen molar-refractivity contribution in [3.8, 4) is 0 Å². The fourth-order valence-corrected chi connectivity index (χ4v) is 3.94. The largest absolute Gasteiger partial charge is 0.481 e. The summed E-state index contributed by atoms with van der Waals surface area (Å²) in [5.74, 6) is -6.33. The van der Waals surface area contributed by atoms with E-state index in [1.54, 1.807) is 32.2 Å². The number of carbonyl (C=O) groups is 6. The molecule has 10 N–H and O–H groups in total. The summed E-state index contributed by atoms with van der Waals surface area (Å²) in [5, 5.41) is 26.3. The number of fused-ring (bicyclic) bond motifs is 1. The van der Waals surface area contributed by atoms with E-state index in [0.717, 1.165) is 10.9 Å². The van der Waals surface area contributed by atoms with E-state index in [1.807, 2.05) is 12.1 Å². The number of H-pyrrole nitrogens is 1. The van der Waals surface area contributed by atoms with E-state index >= 15 is 0 Å². The molecule has 1 aromatic heterocycles. The second-order valence-corrected chi connectivity index (χ2v) is 9.59. The molecule has 4 atom stereocenters. The molecule has 0 fully saturated rings. The monoisotopic (exact) mass is 546 g/mol. The Hall–Kier alpha value is -4.46. The standard InChI is InChI=1S/C25H34N6O8/c1-12(2)7-17(29-22(35)15(26)9-21(33)34)23(36)30-18(24(37)31-19(25(38)39)10-20(27)32)8-13-11-28-16-6-4-3-5-14(13)16/h3-6,11-12,15,17-19,28H,7-10,26H2,1-2H3,(H2,27,32)(H,29,35)(H,30,36)(H,31,37)(H,33,34)(H,38,39). The molecule has 0 saturated carbocycles. The van der Waals surface area contributed by atoms with Crippen molar-refractivity contribution in [2.75, 3.05) is 0 Å². The Morgan fingerprint density at radius 2 is 1.46 bits per heavy atom. The molecule has 0 saturated heterocycles. The zero-order chi connectivity index (χ0) is 29.3. The first kappa shape index (κ1) is 30.8. The highest BCUT2D eigenvalue weighted by Crippen LogP contribution is 2.19. The molecule has 4 amide bonds. The number of carbonyl (C=O) groups excluding carboxylic acids is 4. The first-order valence-electron chi connectivity index (χ1n) is 12.2. The van der Waals surface area contributed by atoms with Crippen LogP contribution in [0.1, 0.15) is 38.7 Å². The van der Waals surface area contributed by atoms with Crippen molar-refractivity contribution < 1.29 is 39.0 Å². The van der Waals surface area contributed by atoms with Gasteiger partial charge in [-0.15, -0.1) is 0 Å². The van der Waals surface area contributed by atoms with Crippen LogP contribution in [-0.2, 0) is 35.2 Å². The highest BCUT2D eigenvalue weighted by Gasteiger charge is 2.32. The van der Waals surface area contributed by atoms with Crippen molar-refractivity contribution in [2.24, 2.45) is 17.4 Å². The lowest BCUT2D eigenvalue weighted by Gasteiger charge is -2.26. The van der Waals surface area contributed by atoms with Gasteiger partial charge in [-0.05, 0) is 24.0 Å². The van der Waals surface area contributed by atoms with Gasteiger partial charge >= 0.3 is 11.9 Å². The highest BCUT2D eigenvalue weighted by molar-refractivity contribution is 5.96. The van der Waals surface area contributed by atoms with Crippen molar-refractivity contribution in [3.05, 3.63) is 36.0 Å². The number of hydrogen-bond acceptors (Lipinski definition) is 7. The second kappa shape index (κ2) is 13.9. The van der Waals surface area contributed by atoms with Crippen LogP contribution < -0.4 is 27.4 Å². The molecule has 39 heavy (non-hydrogen) atoms. The minimum Gasteiger partial charge on any atom is -0.481 e. The molecule has 14 heteroatoms. The van der Waals surface area contributed by atoms with E-state index in [9.17, 15) is 33.9 Å². The average molecular weight is 547 g/mol. The lowest BCUT2D eigenvalue weighted by molar-refractivity contribution is -0.143. The van der Waals surface area contributed by atoms with Crippen molar-refractivity contribution in [3.63, 3.8) is 0 Å². The summed E-state index contributed by atoms with van der Waals surface area (Å²) >= 11 is 0. The summed E-state index contributed by atoms with van der Waals surface area (Å²) in [6.45, 7) is 3.59. The molecule has 1 heterocycles. The number of primary amides is 1. The van der Waals surface area contributed by atoms with Crippen LogP contribution >= 0.6 is 0 Å². The fourth-order valence-electron chi connectivity index (χ4n) is 3.94. The molecule has 0 aliphatic carbocycles. The number of carboxylic acid groups (broad SMARTS) is 2. The summed E-state index contributed by atoms with van der Waals surface area (Å²) in [7, 11) is 0. The molecule has 212 valence electrons. The number of carboxylic acids is 2. The Labute approximate surface area is 223 Å². The van der Waals surface area contributed by atoms with E-state index in [2.05, 4.69) is 20.9 Å². The van der Waals surface area contributed by atoms with Gasteiger partial charge in [0.05, 0.1) is 18.9 Å². The van der Waals surface area contributed by atoms with Crippen LogP contribution in [-0.4, -0.2) is 74.9 Å². The van der Waals surface area contributed by atoms with Gasteiger partial charge in [0.2, 0.25) is 23.6 Å². The number of benzene rings is 1. The van der Waals surface area contributed by atoms with Gasteiger partial charge in [-0.2, -0.15) is 0 Å². The lowest BCUT2D eigenvalue weighted by atomic mass is 10.00. The number of aromatic amines is 1. The zero-order valence-corrected chi connectivity index (χ0v) is 21.6. The normalized spacial score (nSPS) is 14.2. The summed E-state index contributed by atoms with van der Waals surface area (Å²) in [4.78, 5) is 75.8. The molecular formula is C25H34N6O8. The average Bonchev–Trinajstić information content (AvgIpc) is 3.24. The predicted octanol–water partition coefficient (Wildman–Crippen LogP) is -1.03. The van der Waals surface area contributed by atoms with Crippen molar-refractivity contribution in [2.45, 2.75) is 63.7 Å². The zero-order valence-electron chi connectivity index (χ0n) is 21.6. The number of amides is 4. The quantitative estimate of drug-likeness (QED) is 0.136. The molecule has 4 unspecified atom stereocenters. The second-order valence-electron chi connectivity index (χ2n) is 9.59. The van der Waals surface area contributed by atoms with Crippen LogP contribution in [0.3, 0.4) is 0 Å². The van der Waals surface area contributed by atoms with Gasteiger partial charge in [0.1, 0.15) is 18.1 Å². The first-order valence-corrected chi connectivity index (χ1v) is 12.2. The SMILES string of the molecule is CC(C)CC(NC(=O)C(N)CC(=O)O)C(=O)NC(Cc1c[nH]c2ccccc12)C(=O)NC(CC(N)=O)C(=O)O. The smallest absolute Gasteiger partial charge is 0.326 e. The Bertz CT molecular complexity index is 1230. The van der Waals surface area contributed by atoms with Crippen LogP contribution in [0.25, 0.3) is 10.9 Å². The third-order valence-corrected chi connectivity index (χ3v) is 5.82. The molecule has 0 bridgehead atoms. The number of nitrogens with two attached hydrogens (primary N) is 2. The minimum atomic E-state index is -1.63. The Balaban J connectivity index is 2.33. The molecule has 2 aromatic rings. The number of aliphatic carboxylic acids is 2. The number of rotatable bonds is 15. The number of aromatic nitrogens is 1. The summed E-state index contributed by atoms with van der Waals surface area (Å²) in [5.41, 5.74) is 12.1. The number of para-hydroxylation sites is 1. The van der Waals surface area contributed by atoms with E-state index in [1.165, 1.54) is 0 Å². The Kier molecular flexibility index (Phi) is 11.0. The molecule has 0 spiro atoms. The molecule has 14 nitrogen and oxygen atoms in total. The number of hydrogen-bond donors (Lipinski definition) is 8. The third kappa shape index (κ3) is 9.41. The third-order valence-electron chi connectivity index (χ3n) is 5.82. The van der Waals surface area contributed by atoms with Gasteiger partial charge in [0, 0.05) is 23.5 Å². The van der Waals surface area contributed by atoms with Crippen molar-refractivity contribution >= 4 is 46.5 Å². The van der Waals surface area contributed by atoms with Gasteiger partial charge in [-0.1, -0.05) is 32.0 Å². The summed E-state index contributed by atoms with van der Waals surface area (Å²) in [6.07, 6.45) is 0.406. The van der Waals surface area contributed by atoms with Gasteiger partial charge in [0.25, 0.3) is 0 Å². The highest BCUT2D eigenvalue weighted by atomic mass is 16.4. The fraction of sp³-hybridized carbons (Fsp3) is 0.440. The van der Waals surface area contributed by atoms with Crippen LogP contribution in [0.15, 0.2) is 30.5 Å². The van der Waals surface area contributed by atoms with Gasteiger partial charge in [-0.25, -0.2) is 4.79 Å². The van der Waals surface area contributed by atoms with E-state index in [4.69, 9.17) is 16.6 Å². The Morgan fingerprint density at radius 1 is 0.872 bits per heavy atom. The maximum Gasteiger partial charge on any atom is 0.326 e. The Morgan fingerprint density at radius 3 is 2.05 bits per heavy atom. The van der Waals surface area contributed by atoms with Gasteiger partial charge in [0.15, 0.2) is 0 Å². The maximum atomic E-state index is 13.3. The lowest BCUT2D eigenvalue weighted by Crippen LogP contribution is -2.58. The molecule has 0 radical (unpaired) electrons. The van der Waals surface area contributed by atoms with Crippen molar-refractivity contribution in [1.29, 1.82) is 0 Å². The molecule has 0 aliphatic rings. The number of nitrogens with one attached hydrogen (secondary N) is 4. The summed E-state index contributed by atoms with van der Waals surface area (Å²) < 4.78 is 0. The van der Waals surface area contributed by atoms with Crippen LogP contribution in [0.4, 0.5) is 0 Å². The molecule has 1 aromatic carbocycles. The van der Waals surface area contributed by atoms with E-state index < -0.39 is 72.6 Å². The van der Waals surface area contributed by atoms with E-state index in [-0.39, 0.29) is 18.8 Å². The summed E-state index contributed by atoms with van der Waals surface area (Å²) in [6, 6.07) is 1.70. The minimum absolute atomic E-state index is 0.0641. The van der Waals surface area contributed by atoms with Gasteiger partial charge in [-0.3, -0.25) is 24.0 Å².